The highest BCUT2D eigenvalue weighted by Gasteiger charge is 2.38. The molecule has 76 valence electrons. The van der Waals surface area contributed by atoms with Crippen LogP contribution in [0.1, 0.15) is 18.4 Å². The zero-order chi connectivity index (χ0) is 10.3. The third-order valence-electron chi connectivity index (χ3n) is 2.52. The predicted molar refractivity (Wildman–Crippen MR) is 53.9 cm³/mol. The van der Waals surface area contributed by atoms with Gasteiger partial charge in [0.15, 0.2) is 11.6 Å². The van der Waals surface area contributed by atoms with E-state index in [0.717, 1.165) is 24.5 Å². The smallest absolute Gasteiger partial charge is 0.159 e. The van der Waals surface area contributed by atoms with Crippen LogP contribution in [0.25, 0.3) is 0 Å². The Labute approximate surface area is 89.4 Å². The average molecular weight is 262 g/mol. The molecule has 1 aliphatic carbocycles. The van der Waals surface area contributed by atoms with E-state index in [1.807, 2.05) is 0 Å². The van der Waals surface area contributed by atoms with Gasteiger partial charge in [-0.05, 0) is 37.0 Å². The van der Waals surface area contributed by atoms with Gasteiger partial charge in [0.05, 0.1) is 0 Å². The molecule has 0 atom stereocenters. The fourth-order valence-electron chi connectivity index (χ4n) is 1.42. The van der Waals surface area contributed by atoms with E-state index in [1.165, 1.54) is 6.07 Å². The van der Waals surface area contributed by atoms with Crippen molar-refractivity contribution in [2.45, 2.75) is 24.8 Å². The summed E-state index contributed by atoms with van der Waals surface area (Å²) in [5, 5.41) is 0. The average Bonchev–Trinajstić information content (AvgIpc) is 2.80. The Hall–Kier alpha value is -0.480. The van der Waals surface area contributed by atoms with E-state index in [0.29, 0.717) is 10.9 Å². The molecule has 0 amide bonds. The topological polar surface area (TPSA) is 26.0 Å². The van der Waals surface area contributed by atoms with Crippen LogP contribution in [0.15, 0.2) is 16.6 Å². The fourth-order valence-corrected chi connectivity index (χ4v) is 1.87. The van der Waals surface area contributed by atoms with Gasteiger partial charge in [-0.3, -0.25) is 0 Å². The minimum Gasteiger partial charge on any atom is -0.325 e. The van der Waals surface area contributed by atoms with Crippen molar-refractivity contribution < 1.29 is 8.78 Å². The largest absolute Gasteiger partial charge is 0.325 e. The lowest BCUT2D eigenvalue weighted by atomic mass is 10.1. The molecule has 2 N–H and O–H groups in total. The monoisotopic (exact) mass is 261 g/mol. The fraction of sp³-hybridized carbons (Fsp3) is 0.400. The van der Waals surface area contributed by atoms with E-state index in [2.05, 4.69) is 15.9 Å². The summed E-state index contributed by atoms with van der Waals surface area (Å²) >= 11 is 3.20. The molecule has 4 heteroatoms. The standard InChI is InChI=1S/C10H10BrF2N/c11-7-4-9(13)8(12)3-6(7)5-10(14)1-2-10/h3-4H,1-2,5,14H2. The summed E-state index contributed by atoms with van der Waals surface area (Å²) in [5.74, 6) is -1.64. The van der Waals surface area contributed by atoms with Crippen molar-refractivity contribution >= 4 is 15.9 Å². The molecule has 1 saturated carbocycles. The van der Waals surface area contributed by atoms with Crippen LogP contribution in [0.2, 0.25) is 0 Å². The molecule has 1 aromatic carbocycles. The quantitative estimate of drug-likeness (QED) is 0.815. The second-order valence-electron chi connectivity index (χ2n) is 3.90. The molecular formula is C10H10BrF2N. The first-order valence-corrected chi connectivity index (χ1v) is 5.22. The van der Waals surface area contributed by atoms with Crippen LogP contribution in [-0.2, 0) is 6.42 Å². The van der Waals surface area contributed by atoms with Crippen LogP contribution in [0, 0.1) is 11.6 Å². The Morgan fingerprint density at radius 2 is 1.86 bits per heavy atom. The lowest BCUT2D eigenvalue weighted by Crippen LogP contribution is -2.24. The van der Waals surface area contributed by atoms with Crippen molar-refractivity contribution in [1.82, 2.24) is 0 Å². The summed E-state index contributed by atoms with van der Waals surface area (Å²) in [6.45, 7) is 0. The van der Waals surface area contributed by atoms with E-state index in [1.54, 1.807) is 0 Å². The minimum atomic E-state index is -0.831. The van der Waals surface area contributed by atoms with Gasteiger partial charge in [-0.25, -0.2) is 8.78 Å². The number of hydrogen-bond donors (Lipinski definition) is 1. The molecule has 1 fully saturated rings. The van der Waals surface area contributed by atoms with Crippen molar-refractivity contribution in [2.24, 2.45) is 5.73 Å². The maximum absolute atomic E-state index is 12.9. The van der Waals surface area contributed by atoms with Crippen molar-refractivity contribution in [1.29, 1.82) is 0 Å². The van der Waals surface area contributed by atoms with Gasteiger partial charge in [-0.15, -0.1) is 0 Å². The summed E-state index contributed by atoms with van der Waals surface area (Å²) in [6.07, 6.45) is 2.52. The van der Waals surface area contributed by atoms with Crippen LogP contribution < -0.4 is 5.73 Å². The Balaban J connectivity index is 2.29. The molecular weight excluding hydrogens is 252 g/mol. The SMILES string of the molecule is NC1(Cc2cc(F)c(F)cc2Br)CC1. The molecule has 0 aromatic heterocycles. The van der Waals surface area contributed by atoms with Crippen LogP contribution in [0.3, 0.4) is 0 Å². The summed E-state index contributed by atoms with van der Waals surface area (Å²) in [4.78, 5) is 0. The maximum Gasteiger partial charge on any atom is 0.159 e. The van der Waals surface area contributed by atoms with E-state index in [-0.39, 0.29) is 5.54 Å². The number of rotatable bonds is 2. The van der Waals surface area contributed by atoms with Crippen molar-refractivity contribution in [2.75, 3.05) is 0 Å². The van der Waals surface area contributed by atoms with Crippen molar-refractivity contribution in [3.05, 3.63) is 33.8 Å². The number of nitrogens with two attached hydrogens (primary N) is 1. The molecule has 1 aromatic rings. The molecule has 0 aliphatic heterocycles. The zero-order valence-corrected chi connectivity index (χ0v) is 9.07. The van der Waals surface area contributed by atoms with Crippen LogP contribution in [-0.4, -0.2) is 5.54 Å². The molecule has 0 unspecified atom stereocenters. The van der Waals surface area contributed by atoms with Crippen LogP contribution >= 0.6 is 15.9 Å². The van der Waals surface area contributed by atoms with E-state index in [9.17, 15) is 8.78 Å². The molecule has 0 bridgehead atoms. The molecule has 0 radical (unpaired) electrons. The van der Waals surface area contributed by atoms with Gasteiger partial charge < -0.3 is 5.73 Å². The Kier molecular flexibility index (Phi) is 2.35. The summed E-state index contributed by atoms with van der Waals surface area (Å²) < 4.78 is 26.3. The third kappa shape index (κ3) is 1.96. The minimum absolute atomic E-state index is 0.188. The van der Waals surface area contributed by atoms with Gasteiger partial charge in [0.2, 0.25) is 0 Å². The first-order valence-electron chi connectivity index (χ1n) is 4.42. The highest BCUT2D eigenvalue weighted by molar-refractivity contribution is 9.10. The normalized spacial score (nSPS) is 18.3. The van der Waals surface area contributed by atoms with Crippen LogP contribution in [0.4, 0.5) is 8.78 Å². The van der Waals surface area contributed by atoms with Gasteiger partial charge in [0.25, 0.3) is 0 Å². The number of hydrogen-bond acceptors (Lipinski definition) is 1. The second kappa shape index (κ2) is 3.28. The number of halogens is 3. The van der Waals surface area contributed by atoms with Gasteiger partial charge in [-0.2, -0.15) is 0 Å². The molecule has 1 aliphatic rings. The highest BCUT2D eigenvalue weighted by Crippen LogP contribution is 2.37. The highest BCUT2D eigenvalue weighted by atomic mass is 79.9. The molecule has 1 nitrogen and oxygen atoms in total. The summed E-state index contributed by atoms with van der Waals surface area (Å²) in [5.41, 5.74) is 6.45. The van der Waals surface area contributed by atoms with E-state index >= 15 is 0 Å². The second-order valence-corrected chi connectivity index (χ2v) is 4.75. The first kappa shape index (κ1) is 10.1. The summed E-state index contributed by atoms with van der Waals surface area (Å²) in [6, 6.07) is 2.36. The Morgan fingerprint density at radius 1 is 1.29 bits per heavy atom. The lowest BCUT2D eigenvalue weighted by molar-refractivity contribution is 0.504. The molecule has 2 rings (SSSR count). The molecule has 0 saturated heterocycles. The maximum atomic E-state index is 12.9. The first-order chi connectivity index (χ1) is 6.50. The van der Waals surface area contributed by atoms with Gasteiger partial charge in [-0.1, -0.05) is 15.9 Å². The predicted octanol–water partition coefficient (Wildman–Crippen LogP) is 2.76. The summed E-state index contributed by atoms with van der Waals surface area (Å²) in [7, 11) is 0. The Morgan fingerprint density at radius 3 is 2.43 bits per heavy atom. The van der Waals surface area contributed by atoms with Gasteiger partial charge in [0, 0.05) is 10.0 Å². The van der Waals surface area contributed by atoms with Crippen molar-refractivity contribution in [3.63, 3.8) is 0 Å². The molecule has 0 spiro atoms. The van der Waals surface area contributed by atoms with Gasteiger partial charge >= 0.3 is 0 Å². The lowest BCUT2D eigenvalue weighted by Gasteiger charge is -2.10. The molecule has 14 heavy (non-hydrogen) atoms. The van der Waals surface area contributed by atoms with E-state index < -0.39 is 11.6 Å². The third-order valence-corrected chi connectivity index (χ3v) is 3.26. The molecule has 0 heterocycles. The Bertz CT molecular complexity index is 375. The van der Waals surface area contributed by atoms with Gasteiger partial charge in [0.1, 0.15) is 0 Å². The van der Waals surface area contributed by atoms with Crippen LogP contribution in [0.5, 0.6) is 0 Å². The number of benzene rings is 1. The van der Waals surface area contributed by atoms with E-state index in [4.69, 9.17) is 5.73 Å². The zero-order valence-electron chi connectivity index (χ0n) is 7.49. The van der Waals surface area contributed by atoms with Crippen molar-refractivity contribution in [3.8, 4) is 0 Å².